The summed E-state index contributed by atoms with van der Waals surface area (Å²) >= 11 is 0. The molecule has 2 bridgehead atoms. The fourth-order valence-electron chi connectivity index (χ4n) is 5.52. The number of hydrogen-bond acceptors (Lipinski definition) is 9. The highest BCUT2D eigenvalue weighted by atomic mass is 16.5. The van der Waals surface area contributed by atoms with Crippen molar-refractivity contribution in [3.63, 3.8) is 0 Å². The first-order chi connectivity index (χ1) is 18.7. The van der Waals surface area contributed by atoms with Crippen molar-refractivity contribution in [1.82, 2.24) is 35.3 Å². The molecule has 1 aromatic carbocycles. The Morgan fingerprint density at radius 2 is 1.97 bits per heavy atom. The van der Waals surface area contributed by atoms with Crippen molar-refractivity contribution in [2.45, 2.75) is 38.5 Å². The summed E-state index contributed by atoms with van der Waals surface area (Å²) in [5.74, 6) is 2.77. The van der Waals surface area contributed by atoms with E-state index in [0.717, 1.165) is 23.1 Å². The Labute approximate surface area is 217 Å². The van der Waals surface area contributed by atoms with Gasteiger partial charge in [0.25, 0.3) is 5.91 Å². The van der Waals surface area contributed by atoms with E-state index in [0.29, 0.717) is 58.6 Å². The van der Waals surface area contributed by atoms with E-state index >= 15 is 0 Å². The third-order valence-electron chi connectivity index (χ3n) is 7.49. The topological polar surface area (TPSA) is 130 Å². The van der Waals surface area contributed by atoms with Gasteiger partial charge in [0.1, 0.15) is 13.2 Å². The summed E-state index contributed by atoms with van der Waals surface area (Å²) in [6.45, 7) is 0.472. The molecule has 1 N–H and O–H groups in total. The number of ether oxygens (including phenoxy) is 2. The molecule has 8 rings (SSSR count). The van der Waals surface area contributed by atoms with Crippen molar-refractivity contribution in [2.24, 2.45) is 11.8 Å². The van der Waals surface area contributed by atoms with Crippen molar-refractivity contribution in [3.05, 3.63) is 65.7 Å². The van der Waals surface area contributed by atoms with Crippen molar-refractivity contribution in [1.29, 1.82) is 0 Å². The van der Waals surface area contributed by atoms with E-state index in [9.17, 15) is 4.79 Å². The summed E-state index contributed by atoms with van der Waals surface area (Å²) in [6.07, 6.45) is 5.19. The predicted molar refractivity (Wildman–Crippen MR) is 135 cm³/mol. The number of aromatic nitrogens is 6. The van der Waals surface area contributed by atoms with Gasteiger partial charge in [-0.05, 0) is 49.3 Å². The lowest BCUT2D eigenvalue weighted by Gasteiger charge is -2.24. The molecule has 1 amide bonds. The Hall–Kier alpha value is -4.38. The molecule has 192 valence electrons. The van der Waals surface area contributed by atoms with Crippen LogP contribution < -0.4 is 10.1 Å². The van der Waals surface area contributed by atoms with Crippen LogP contribution in [0.15, 0.2) is 53.2 Å². The van der Waals surface area contributed by atoms with Crippen LogP contribution in [0.3, 0.4) is 0 Å². The average Bonchev–Trinajstić information content (AvgIpc) is 3.71. The zero-order valence-electron chi connectivity index (χ0n) is 20.7. The van der Waals surface area contributed by atoms with Crippen molar-refractivity contribution in [2.75, 3.05) is 7.11 Å². The number of fused-ring (bicyclic) bond motifs is 4. The molecule has 5 aromatic rings. The molecule has 0 saturated heterocycles. The summed E-state index contributed by atoms with van der Waals surface area (Å²) in [6, 6.07) is 13.3. The van der Waals surface area contributed by atoms with Gasteiger partial charge in [-0.2, -0.15) is 4.52 Å². The smallest absolute Gasteiger partial charge is 0.253 e. The third-order valence-corrected chi connectivity index (χ3v) is 7.49. The van der Waals surface area contributed by atoms with Gasteiger partial charge in [-0.15, -0.1) is 15.3 Å². The highest BCUT2D eigenvalue weighted by molar-refractivity contribution is 5.97. The largest absolute Gasteiger partial charge is 0.470 e. The first-order valence-electron chi connectivity index (χ1n) is 12.6. The standard InChI is InChI=1S/C27H25N7O4/c1-36-14-19-11-23(33-38-19)25-31-30-24-20-4-2-3-5-21(20)27(32-34(24)25)37-13-18-7-6-16(12-28-18)26(35)29-22-10-15-8-17(22)9-15/h2-7,11-12,15,17,22H,8-10,13-14H2,1H3,(H,29,35)/t15?,17?,22-/m0/s1. The first kappa shape index (κ1) is 22.8. The molecular weight excluding hydrogens is 486 g/mol. The fourth-order valence-corrected chi connectivity index (χ4v) is 5.52. The van der Waals surface area contributed by atoms with Crippen LogP contribution in [0.25, 0.3) is 27.9 Å². The number of rotatable bonds is 8. The monoisotopic (exact) mass is 511 g/mol. The molecule has 3 aliphatic rings. The molecule has 0 spiro atoms. The maximum atomic E-state index is 12.7. The number of hydrogen-bond donors (Lipinski definition) is 1. The van der Waals surface area contributed by atoms with Crippen molar-refractivity contribution in [3.8, 4) is 17.4 Å². The average molecular weight is 512 g/mol. The maximum absolute atomic E-state index is 12.7. The minimum Gasteiger partial charge on any atom is -0.470 e. The van der Waals surface area contributed by atoms with E-state index in [1.165, 1.54) is 12.8 Å². The molecule has 1 atom stereocenters. The van der Waals surface area contributed by atoms with E-state index in [1.54, 1.807) is 36.0 Å². The van der Waals surface area contributed by atoms with Crippen LogP contribution in [0.1, 0.15) is 41.1 Å². The fraction of sp³-hybridized carbons (Fsp3) is 0.333. The molecule has 11 nitrogen and oxygen atoms in total. The molecule has 3 saturated carbocycles. The van der Waals surface area contributed by atoms with E-state index < -0.39 is 0 Å². The highest BCUT2D eigenvalue weighted by Gasteiger charge is 2.44. The van der Waals surface area contributed by atoms with Gasteiger partial charge in [-0.1, -0.05) is 23.4 Å². The number of methoxy groups -OCH3 is 1. The predicted octanol–water partition coefficient (Wildman–Crippen LogP) is 3.58. The van der Waals surface area contributed by atoms with E-state index in [2.05, 4.69) is 30.8 Å². The Kier molecular flexibility index (Phi) is 5.50. The van der Waals surface area contributed by atoms with E-state index in [-0.39, 0.29) is 12.5 Å². The van der Waals surface area contributed by atoms with Crippen LogP contribution >= 0.6 is 0 Å². The van der Waals surface area contributed by atoms with Gasteiger partial charge >= 0.3 is 0 Å². The number of amides is 1. The van der Waals surface area contributed by atoms with Gasteiger partial charge in [-0.3, -0.25) is 9.78 Å². The lowest BCUT2D eigenvalue weighted by atomic mass is 9.84. The van der Waals surface area contributed by atoms with Gasteiger partial charge in [0, 0.05) is 36.2 Å². The molecule has 11 heteroatoms. The normalized spacial score (nSPS) is 20.1. The summed E-state index contributed by atoms with van der Waals surface area (Å²) in [5, 5.41) is 22.2. The SMILES string of the molecule is COCc1cc(-c2nnc3c4ccccc4c(OCc4ccc(C(=O)N[C@H]5CC6CC5C6)cn4)nn23)no1. The van der Waals surface area contributed by atoms with E-state index in [1.807, 2.05) is 24.3 Å². The third kappa shape index (κ3) is 3.95. The van der Waals surface area contributed by atoms with Crippen LogP contribution in [-0.4, -0.2) is 49.0 Å². The minimum absolute atomic E-state index is 0.0673. The Morgan fingerprint density at radius 1 is 1.11 bits per heavy atom. The van der Waals surface area contributed by atoms with Crippen molar-refractivity contribution >= 4 is 22.3 Å². The zero-order chi connectivity index (χ0) is 25.6. The van der Waals surface area contributed by atoms with Gasteiger partial charge in [0.2, 0.25) is 11.7 Å². The quantitative estimate of drug-likeness (QED) is 0.332. The van der Waals surface area contributed by atoms with Crippen LogP contribution in [0.4, 0.5) is 0 Å². The molecule has 3 aliphatic carbocycles. The summed E-state index contributed by atoms with van der Waals surface area (Å²) in [7, 11) is 1.58. The van der Waals surface area contributed by atoms with Gasteiger partial charge in [-0.25, -0.2) is 0 Å². The first-order valence-corrected chi connectivity index (χ1v) is 12.6. The van der Waals surface area contributed by atoms with Crippen LogP contribution in [0, 0.1) is 11.8 Å². The number of carbonyl (C=O) groups is 1. The Balaban J connectivity index is 1.13. The van der Waals surface area contributed by atoms with Crippen LogP contribution in [0.5, 0.6) is 5.88 Å². The molecule has 0 aliphatic heterocycles. The molecular formula is C27H25N7O4. The summed E-state index contributed by atoms with van der Waals surface area (Å²) in [4.78, 5) is 17.1. The summed E-state index contributed by atoms with van der Waals surface area (Å²) in [5.41, 5.74) is 2.30. The molecule has 4 heterocycles. The van der Waals surface area contributed by atoms with Gasteiger partial charge in [0.15, 0.2) is 17.1 Å². The molecule has 0 radical (unpaired) electrons. The second-order valence-electron chi connectivity index (χ2n) is 9.96. The zero-order valence-corrected chi connectivity index (χ0v) is 20.7. The Morgan fingerprint density at radius 3 is 2.74 bits per heavy atom. The lowest BCUT2D eigenvalue weighted by molar-refractivity contribution is 0.0928. The van der Waals surface area contributed by atoms with Crippen LogP contribution in [0.2, 0.25) is 0 Å². The number of pyridine rings is 1. The van der Waals surface area contributed by atoms with Gasteiger partial charge in [0.05, 0.1) is 11.3 Å². The number of carbonyl (C=O) groups excluding carboxylic acids is 1. The number of benzene rings is 1. The minimum atomic E-state index is -0.0673. The highest BCUT2D eigenvalue weighted by Crippen LogP contribution is 2.48. The molecule has 3 fully saturated rings. The van der Waals surface area contributed by atoms with Gasteiger partial charge < -0.3 is 19.3 Å². The molecule has 0 unspecified atom stereocenters. The number of nitrogens with one attached hydrogen (secondary N) is 1. The molecule has 38 heavy (non-hydrogen) atoms. The van der Waals surface area contributed by atoms with Crippen molar-refractivity contribution < 1.29 is 18.8 Å². The lowest BCUT2D eigenvalue weighted by Crippen LogP contribution is -2.36. The second kappa shape index (κ2) is 9.18. The molecule has 4 aromatic heterocycles. The van der Waals surface area contributed by atoms with Crippen LogP contribution in [-0.2, 0) is 18.0 Å². The summed E-state index contributed by atoms with van der Waals surface area (Å²) < 4.78 is 18.2. The second-order valence-corrected chi connectivity index (χ2v) is 9.96. The number of nitrogens with zero attached hydrogens (tertiary/aromatic N) is 6. The Bertz CT molecular complexity index is 1640. The maximum Gasteiger partial charge on any atom is 0.253 e. The van der Waals surface area contributed by atoms with E-state index in [4.69, 9.17) is 14.0 Å².